The molecule has 1 aliphatic heterocycles. The molecule has 1 saturated heterocycles. The highest BCUT2D eigenvalue weighted by Gasteiger charge is 2.31. The van der Waals surface area contributed by atoms with Crippen molar-refractivity contribution in [3.8, 4) is 5.75 Å². The molecule has 0 spiro atoms. The van der Waals surface area contributed by atoms with Gasteiger partial charge in [-0.1, -0.05) is 25.7 Å². The summed E-state index contributed by atoms with van der Waals surface area (Å²) in [5.41, 5.74) is -0.0490. The van der Waals surface area contributed by atoms with Crippen LogP contribution in [-0.2, 0) is 14.8 Å². The van der Waals surface area contributed by atoms with Crippen LogP contribution < -0.4 is 10.1 Å². The summed E-state index contributed by atoms with van der Waals surface area (Å²) in [5, 5.41) is 2.60. The van der Waals surface area contributed by atoms with Crippen molar-refractivity contribution in [3.05, 3.63) is 18.2 Å². The molecule has 2 aliphatic rings. The third kappa shape index (κ3) is 5.87. The minimum atomic E-state index is -4.55. The highest BCUT2D eigenvalue weighted by atomic mass is 32.2. The molecule has 1 aromatic rings. The van der Waals surface area contributed by atoms with Gasteiger partial charge in [0.1, 0.15) is 5.75 Å². The van der Waals surface area contributed by atoms with E-state index in [0.29, 0.717) is 25.9 Å². The van der Waals surface area contributed by atoms with E-state index in [4.69, 9.17) is 4.74 Å². The number of alkyl halides is 3. The third-order valence-electron chi connectivity index (χ3n) is 5.53. The largest absolute Gasteiger partial charge is 0.482 e. The van der Waals surface area contributed by atoms with Crippen LogP contribution >= 0.6 is 0 Å². The highest BCUT2D eigenvalue weighted by molar-refractivity contribution is 7.89. The number of halogens is 3. The number of hydrogen-bond acceptors (Lipinski definition) is 4. The van der Waals surface area contributed by atoms with Crippen LogP contribution in [0.4, 0.5) is 18.9 Å². The molecule has 0 aromatic heterocycles. The number of nitrogens with one attached hydrogen (secondary N) is 1. The Kier molecular flexibility index (Phi) is 7.28. The summed E-state index contributed by atoms with van der Waals surface area (Å²) in [6.45, 7) is -0.728. The van der Waals surface area contributed by atoms with E-state index in [9.17, 15) is 26.4 Å². The van der Waals surface area contributed by atoms with Gasteiger partial charge in [-0.15, -0.1) is 0 Å². The van der Waals surface area contributed by atoms with Gasteiger partial charge in [0.15, 0.2) is 6.61 Å². The van der Waals surface area contributed by atoms with Gasteiger partial charge in [-0.2, -0.15) is 17.5 Å². The molecule has 1 aliphatic carbocycles. The predicted octanol–water partition coefficient (Wildman–Crippen LogP) is 4.32. The van der Waals surface area contributed by atoms with Gasteiger partial charge in [-0.05, 0) is 43.9 Å². The summed E-state index contributed by atoms with van der Waals surface area (Å²) in [6.07, 6.45) is 2.13. The Hall–Kier alpha value is -1.81. The number of nitrogens with zero attached hydrogens (tertiary/aromatic N) is 1. The van der Waals surface area contributed by atoms with Crippen LogP contribution in [0.1, 0.15) is 51.4 Å². The average Bonchev–Trinajstić information content (AvgIpc) is 3.08. The summed E-state index contributed by atoms with van der Waals surface area (Å²) in [7, 11) is -3.82. The first kappa shape index (κ1) is 22.9. The molecule has 1 amide bonds. The van der Waals surface area contributed by atoms with Crippen LogP contribution in [0.25, 0.3) is 0 Å². The molecular weight excluding hydrogens is 421 g/mol. The smallest absolute Gasteiger partial charge is 0.422 e. The van der Waals surface area contributed by atoms with Crippen molar-refractivity contribution in [3.63, 3.8) is 0 Å². The van der Waals surface area contributed by atoms with Crippen molar-refractivity contribution in [2.75, 3.05) is 25.0 Å². The average molecular weight is 449 g/mol. The third-order valence-corrected chi connectivity index (χ3v) is 7.42. The van der Waals surface area contributed by atoms with E-state index in [1.165, 1.54) is 22.5 Å². The minimum absolute atomic E-state index is 0.0490. The summed E-state index contributed by atoms with van der Waals surface area (Å²) in [5.74, 6) is -0.756. The molecule has 0 bridgehead atoms. The molecule has 6 nitrogen and oxygen atoms in total. The first-order chi connectivity index (χ1) is 14.2. The zero-order chi connectivity index (χ0) is 21.8. The Morgan fingerprint density at radius 1 is 1.07 bits per heavy atom. The van der Waals surface area contributed by atoms with Gasteiger partial charge in [0.2, 0.25) is 15.9 Å². The van der Waals surface area contributed by atoms with Gasteiger partial charge in [0, 0.05) is 19.0 Å². The molecule has 0 unspecified atom stereocenters. The van der Waals surface area contributed by atoms with E-state index in [-0.39, 0.29) is 28.2 Å². The Morgan fingerprint density at radius 3 is 2.30 bits per heavy atom. The lowest BCUT2D eigenvalue weighted by atomic mass is 10.1. The molecule has 2 fully saturated rings. The van der Waals surface area contributed by atoms with E-state index < -0.39 is 22.8 Å². The molecule has 0 radical (unpaired) electrons. The van der Waals surface area contributed by atoms with Crippen LogP contribution in [0.2, 0.25) is 0 Å². The van der Waals surface area contributed by atoms with Gasteiger partial charge in [-0.3, -0.25) is 4.79 Å². The summed E-state index contributed by atoms with van der Waals surface area (Å²) in [6, 6.07) is 3.62. The number of carbonyl (C=O) groups is 1. The van der Waals surface area contributed by atoms with E-state index >= 15 is 0 Å². The van der Waals surface area contributed by atoms with Crippen molar-refractivity contribution in [1.29, 1.82) is 0 Å². The van der Waals surface area contributed by atoms with Crippen LogP contribution in [-0.4, -0.2) is 44.5 Å². The van der Waals surface area contributed by atoms with Crippen molar-refractivity contribution in [2.24, 2.45) is 5.92 Å². The molecule has 30 heavy (non-hydrogen) atoms. The maximum absolute atomic E-state index is 13.1. The minimum Gasteiger partial charge on any atom is -0.482 e. The molecule has 1 saturated carbocycles. The van der Waals surface area contributed by atoms with Gasteiger partial charge in [-0.25, -0.2) is 8.42 Å². The van der Waals surface area contributed by atoms with Crippen LogP contribution in [0.5, 0.6) is 5.75 Å². The summed E-state index contributed by atoms with van der Waals surface area (Å²) in [4.78, 5) is 12.5. The fraction of sp³-hybridized carbons (Fsp3) is 0.650. The molecule has 1 aromatic carbocycles. The Bertz CT molecular complexity index is 844. The Labute approximate surface area is 174 Å². The monoisotopic (exact) mass is 448 g/mol. The first-order valence-electron chi connectivity index (χ1n) is 10.3. The first-order valence-corrected chi connectivity index (χ1v) is 11.8. The normalized spacial score (nSPS) is 19.4. The van der Waals surface area contributed by atoms with E-state index in [0.717, 1.165) is 38.5 Å². The van der Waals surface area contributed by atoms with Gasteiger partial charge >= 0.3 is 6.18 Å². The molecule has 168 valence electrons. The number of carbonyl (C=O) groups excluding carboxylic acids is 1. The number of sulfonamides is 1. The van der Waals surface area contributed by atoms with Crippen molar-refractivity contribution < 1.29 is 31.1 Å². The van der Waals surface area contributed by atoms with Crippen molar-refractivity contribution >= 4 is 21.6 Å². The van der Waals surface area contributed by atoms with Crippen LogP contribution in [0, 0.1) is 5.92 Å². The number of amides is 1. The topological polar surface area (TPSA) is 75.7 Å². The lowest BCUT2D eigenvalue weighted by Gasteiger charge is -2.21. The molecule has 1 N–H and O–H groups in total. The Morgan fingerprint density at radius 2 is 1.70 bits per heavy atom. The second-order valence-corrected chi connectivity index (χ2v) is 9.79. The van der Waals surface area contributed by atoms with Gasteiger partial charge in [0.25, 0.3) is 0 Å². The number of anilines is 1. The van der Waals surface area contributed by atoms with Crippen LogP contribution in [0.3, 0.4) is 0 Å². The summed E-state index contributed by atoms with van der Waals surface area (Å²) >= 11 is 0. The predicted molar refractivity (Wildman–Crippen MR) is 106 cm³/mol. The highest BCUT2D eigenvalue weighted by Crippen LogP contribution is 2.33. The Balaban J connectivity index is 1.88. The summed E-state index contributed by atoms with van der Waals surface area (Å²) < 4.78 is 70.2. The van der Waals surface area contributed by atoms with Crippen molar-refractivity contribution in [2.45, 2.75) is 62.4 Å². The van der Waals surface area contributed by atoms with Crippen LogP contribution in [0.15, 0.2) is 23.1 Å². The maximum Gasteiger partial charge on any atom is 0.422 e. The van der Waals surface area contributed by atoms with E-state index in [1.807, 2.05) is 0 Å². The zero-order valence-corrected chi connectivity index (χ0v) is 17.5. The zero-order valence-electron chi connectivity index (χ0n) is 16.7. The molecular formula is C20H27F3N2O4S. The van der Waals surface area contributed by atoms with E-state index in [1.54, 1.807) is 0 Å². The number of benzene rings is 1. The molecule has 3 rings (SSSR count). The maximum atomic E-state index is 13.1. The standard InChI is InChI=1S/C20H27F3N2O4S/c21-20(22,23)14-29-18-10-9-16(30(27,28)25-11-5-1-2-6-12-25)13-17(18)24-19(26)15-7-3-4-8-15/h9-10,13,15H,1-8,11-12,14H2,(H,24,26). The number of ether oxygens (including phenoxy) is 1. The SMILES string of the molecule is O=C(Nc1cc(S(=O)(=O)N2CCCCCC2)ccc1OCC(F)(F)F)C1CCCC1. The van der Waals surface area contributed by atoms with E-state index in [2.05, 4.69) is 5.32 Å². The molecule has 10 heteroatoms. The fourth-order valence-electron chi connectivity index (χ4n) is 3.91. The number of rotatable bonds is 6. The van der Waals surface area contributed by atoms with Gasteiger partial charge in [0.05, 0.1) is 10.6 Å². The van der Waals surface area contributed by atoms with Gasteiger partial charge < -0.3 is 10.1 Å². The lowest BCUT2D eigenvalue weighted by Crippen LogP contribution is -2.32. The molecule has 0 atom stereocenters. The quantitative estimate of drug-likeness (QED) is 0.703. The molecule has 1 heterocycles. The fourth-order valence-corrected chi connectivity index (χ4v) is 5.45. The lowest BCUT2D eigenvalue weighted by molar-refractivity contribution is -0.153. The second kappa shape index (κ2) is 9.55. The second-order valence-electron chi connectivity index (χ2n) is 7.85. The number of hydrogen-bond donors (Lipinski definition) is 1. The van der Waals surface area contributed by atoms with Crippen molar-refractivity contribution in [1.82, 2.24) is 4.31 Å².